The van der Waals surface area contributed by atoms with Gasteiger partial charge in [-0.3, -0.25) is 0 Å². The Kier molecular flexibility index (Phi) is 5.64. The van der Waals surface area contributed by atoms with Crippen LogP contribution in [0.4, 0.5) is 0 Å². The SMILES string of the molecule is CCOCc1ccccc1OCCBr. The molecule has 0 aliphatic carbocycles. The van der Waals surface area contributed by atoms with Gasteiger partial charge in [-0.05, 0) is 13.0 Å². The Morgan fingerprint density at radius 3 is 2.79 bits per heavy atom. The number of hydrogen-bond donors (Lipinski definition) is 0. The summed E-state index contributed by atoms with van der Waals surface area (Å²) in [5, 5.41) is 0.843. The van der Waals surface area contributed by atoms with Crippen LogP contribution in [0, 0.1) is 0 Å². The number of hydrogen-bond acceptors (Lipinski definition) is 2. The van der Waals surface area contributed by atoms with E-state index in [2.05, 4.69) is 15.9 Å². The minimum Gasteiger partial charge on any atom is -0.492 e. The van der Waals surface area contributed by atoms with Crippen molar-refractivity contribution in [2.75, 3.05) is 18.5 Å². The van der Waals surface area contributed by atoms with Crippen LogP contribution in [0.1, 0.15) is 12.5 Å². The lowest BCUT2D eigenvalue weighted by molar-refractivity contribution is 0.131. The van der Waals surface area contributed by atoms with Crippen molar-refractivity contribution in [2.24, 2.45) is 0 Å². The van der Waals surface area contributed by atoms with Crippen LogP contribution in [0.5, 0.6) is 5.75 Å². The minimum atomic E-state index is 0.620. The lowest BCUT2D eigenvalue weighted by atomic mass is 10.2. The third-order valence-electron chi connectivity index (χ3n) is 1.77. The number of ether oxygens (including phenoxy) is 2. The first-order valence-electron chi connectivity index (χ1n) is 4.73. The summed E-state index contributed by atoms with van der Waals surface area (Å²) < 4.78 is 10.9. The standard InChI is InChI=1S/C11H15BrO2/c1-2-13-9-10-5-3-4-6-11(10)14-8-7-12/h3-6H,2,7-9H2,1H3. The molecule has 0 radical (unpaired) electrons. The van der Waals surface area contributed by atoms with Crippen LogP contribution in [0.3, 0.4) is 0 Å². The molecule has 0 saturated carbocycles. The zero-order valence-corrected chi connectivity index (χ0v) is 9.92. The molecule has 0 aliphatic rings. The van der Waals surface area contributed by atoms with Gasteiger partial charge < -0.3 is 9.47 Å². The van der Waals surface area contributed by atoms with E-state index in [0.29, 0.717) is 13.2 Å². The first-order valence-corrected chi connectivity index (χ1v) is 5.85. The van der Waals surface area contributed by atoms with E-state index >= 15 is 0 Å². The van der Waals surface area contributed by atoms with Gasteiger partial charge in [0.1, 0.15) is 5.75 Å². The van der Waals surface area contributed by atoms with Crippen LogP contribution in [0.15, 0.2) is 24.3 Å². The second kappa shape index (κ2) is 6.85. The fourth-order valence-corrected chi connectivity index (χ4v) is 1.29. The number of alkyl halides is 1. The van der Waals surface area contributed by atoms with E-state index in [9.17, 15) is 0 Å². The van der Waals surface area contributed by atoms with Crippen LogP contribution in [-0.2, 0) is 11.3 Å². The molecule has 78 valence electrons. The van der Waals surface area contributed by atoms with Crippen molar-refractivity contribution in [3.05, 3.63) is 29.8 Å². The Morgan fingerprint density at radius 2 is 2.07 bits per heavy atom. The van der Waals surface area contributed by atoms with Gasteiger partial charge in [0.05, 0.1) is 13.2 Å². The third-order valence-corrected chi connectivity index (χ3v) is 2.09. The predicted molar refractivity (Wildman–Crippen MR) is 61.1 cm³/mol. The van der Waals surface area contributed by atoms with Crippen molar-refractivity contribution < 1.29 is 9.47 Å². The molecule has 1 rings (SSSR count). The van der Waals surface area contributed by atoms with Crippen LogP contribution in [0.2, 0.25) is 0 Å². The molecule has 0 aromatic heterocycles. The summed E-state index contributed by atoms with van der Waals surface area (Å²) >= 11 is 3.33. The molecule has 0 bridgehead atoms. The van der Waals surface area contributed by atoms with E-state index in [1.165, 1.54) is 0 Å². The summed E-state index contributed by atoms with van der Waals surface area (Å²) in [6.45, 7) is 4.02. The Morgan fingerprint density at radius 1 is 1.29 bits per heavy atom. The van der Waals surface area contributed by atoms with E-state index in [4.69, 9.17) is 9.47 Å². The lowest BCUT2D eigenvalue weighted by Crippen LogP contribution is -2.02. The average Bonchev–Trinajstić information content (AvgIpc) is 2.24. The lowest BCUT2D eigenvalue weighted by Gasteiger charge is -2.09. The second-order valence-electron chi connectivity index (χ2n) is 2.78. The molecular formula is C11H15BrO2. The fourth-order valence-electron chi connectivity index (χ4n) is 1.12. The van der Waals surface area contributed by atoms with Crippen LogP contribution in [-0.4, -0.2) is 18.5 Å². The maximum Gasteiger partial charge on any atom is 0.124 e. The van der Waals surface area contributed by atoms with Gasteiger partial charge in [-0.2, -0.15) is 0 Å². The molecule has 0 atom stereocenters. The van der Waals surface area contributed by atoms with E-state index < -0.39 is 0 Å². The molecule has 0 amide bonds. The Balaban J connectivity index is 2.60. The summed E-state index contributed by atoms with van der Waals surface area (Å²) in [6.07, 6.45) is 0. The highest BCUT2D eigenvalue weighted by molar-refractivity contribution is 9.09. The molecule has 0 aliphatic heterocycles. The molecule has 0 heterocycles. The van der Waals surface area contributed by atoms with Crippen molar-refractivity contribution >= 4 is 15.9 Å². The number of para-hydroxylation sites is 1. The first-order chi connectivity index (χ1) is 6.88. The molecule has 3 heteroatoms. The third kappa shape index (κ3) is 3.68. The molecule has 14 heavy (non-hydrogen) atoms. The van der Waals surface area contributed by atoms with Crippen LogP contribution >= 0.6 is 15.9 Å². The largest absolute Gasteiger partial charge is 0.492 e. The van der Waals surface area contributed by atoms with Gasteiger partial charge in [-0.25, -0.2) is 0 Å². The molecular weight excluding hydrogens is 244 g/mol. The maximum absolute atomic E-state index is 5.56. The van der Waals surface area contributed by atoms with Gasteiger partial charge in [-0.1, -0.05) is 34.1 Å². The van der Waals surface area contributed by atoms with Gasteiger partial charge in [0.15, 0.2) is 0 Å². The molecule has 1 aromatic carbocycles. The summed E-state index contributed by atoms with van der Waals surface area (Å²) in [7, 11) is 0. The molecule has 0 N–H and O–H groups in total. The number of rotatable bonds is 6. The summed E-state index contributed by atoms with van der Waals surface area (Å²) in [5.74, 6) is 0.917. The van der Waals surface area contributed by atoms with Crippen LogP contribution in [0.25, 0.3) is 0 Å². The second-order valence-corrected chi connectivity index (χ2v) is 3.58. The molecule has 2 nitrogen and oxygen atoms in total. The zero-order chi connectivity index (χ0) is 10.2. The normalized spacial score (nSPS) is 10.1. The Labute approximate surface area is 93.4 Å². The quantitative estimate of drug-likeness (QED) is 0.731. The number of benzene rings is 1. The van der Waals surface area contributed by atoms with E-state index in [0.717, 1.165) is 23.2 Å². The van der Waals surface area contributed by atoms with E-state index in [1.807, 2.05) is 31.2 Å². The first kappa shape index (κ1) is 11.5. The summed E-state index contributed by atoms with van der Waals surface area (Å²) in [5.41, 5.74) is 1.11. The highest BCUT2D eigenvalue weighted by atomic mass is 79.9. The molecule has 1 aromatic rings. The van der Waals surface area contributed by atoms with Gasteiger partial charge >= 0.3 is 0 Å². The van der Waals surface area contributed by atoms with Crippen LogP contribution < -0.4 is 4.74 Å². The van der Waals surface area contributed by atoms with Gasteiger partial charge in [-0.15, -0.1) is 0 Å². The average molecular weight is 259 g/mol. The van der Waals surface area contributed by atoms with Gasteiger partial charge in [0, 0.05) is 17.5 Å². The summed E-state index contributed by atoms with van der Waals surface area (Å²) in [4.78, 5) is 0. The molecule has 0 unspecified atom stereocenters. The van der Waals surface area contributed by atoms with Gasteiger partial charge in [0.25, 0.3) is 0 Å². The highest BCUT2D eigenvalue weighted by Gasteiger charge is 2.01. The smallest absolute Gasteiger partial charge is 0.124 e. The molecule has 0 fully saturated rings. The molecule has 0 spiro atoms. The minimum absolute atomic E-state index is 0.620. The highest BCUT2D eigenvalue weighted by Crippen LogP contribution is 2.18. The van der Waals surface area contributed by atoms with Crippen molar-refractivity contribution in [3.63, 3.8) is 0 Å². The maximum atomic E-state index is 5.56. The topological polar surface area (TPSA) is 18.5 Å². The van der Waals surface area contributed by atoms with E-state index in [1.54, 1.807) is 0 Å². The van der Waals surface area contributed by atoms with Crippen molar-refractivity contribution in [1.29, 1.82) is 0 Å². The van der Waals surface area contributed by atoms with E-state index in [-0.39, 0.29) is 0 Å². The summed E-state index contributed by atoms with van der Waals surface area (Å²) in [6, 6.07) is 7.96. The van der Waals surface area contributed by atoms with Crippen molar-refractivity contribution in [3.8, 4) is 5.75 Å². The Hall–Kier alpha value is -0.540. The fraction of sp³-hybridized carbons (Fsp3) is 0.455. The van der Waals surface area contributed by atoms with Crippen molar-refractivity contribution in [2.45, 2.75) is 13.5 Å². The zero-order valence-electron chi connectivity index (χ0n) is 8.33. The molecule has 0 saturated heterocycles. The number of halogens is 1. The van der Waals surface area contributed by atoms with Crippen molar-refractivity contribution in [1.82, 2.24) is 0 Å². The van der Waals surface area contributed by atoms with Gasteiger partial charge in [0.2, 0.25) is 0 Å². The predicted octanol–water partition coefficient (Wildman–Crippen LogP) is 3.00. The Bertz CT molecular complexity index is 236. The monoisotopic (exact) mass is 258 g/mol.